The molecule has 0 spiro atoms. The lowest BCUT2D eigenvalue weighted by molar-refractivity contribution is -0.683. The van der Waals surface area contributed by atoms with E-state index in [2.05, 4.69) is 0 Å². The van der Waals surface area contributed by atoms with Crippen molar-refractivity contribution in [3.05, 3.63) is 59.9 Å². The summed E-state index contributed by atoms with van der Waals surface area (Å²) in [5.41, 5.74) is 1.80. The van der Waals surface area contributed by atoms with E-state index in [9.17, 15) is 4.79 Å². The van der Waals surface area contributed by atoms with E-state index in [1.54, 1.807) is 19.2 Å². The number of hydrogen-bond acceptors (Lipinski definition) is 2. The van der Waals surface area contributed by atoms with Gasteiger partial charge in [-0.3, -0.25) is 4.79 Å². The number of ether oxygens (including phenoxy) is 1. The minimum atomic E-state index is 0.0429. The van der Waals surface area contributed by atoms with Crippen molar-refractivity contribution >= 4 is 5.78 Å². The van der Waals surface area contributed by atoms with Crippen molar-refractivity contribution < 1.29 is 14.1 Å². The highest BCUT2D eigenvalue weighted by Crippen LogP contribution is 2.17. The smallest absolute Gasteiger partial charge is 0.231 e. The highest BCUT2D eigenvalue weighted by atomic mass is 16.5. The minimum absolute atomic E-state index is 0.0429. The Hall–Kier alpha value is -2.16. The SMILES string of the molecule is COc1ccccc1C(=O)C[n+]1ccc(C)cc1. The molecule has 92 valence electrons. The zero-order valence-corrected chi connectivity index (χ0v) is 10.6. The summed E-state index contributed by atoms with van der Waals surface area (Å²) in [7, 11) is 1.57. The summed E-state index contributed by atoms with van der Waals surface area (Å²) in [5, 5.41) is 0. The van der Waals surface area contributed by atoms with Crippen LogP contribution in [0.25, 0.3) is 0 Å². The number of nitrogens with zero attached hydrogens (tertiary/aromatic N) is 1. The molecule has 0 atom stereocenters. The Balaban J connectivity index is 2.19. The van der Waals surface area contributed by atoms with Gasteiger partial charge in [-0.05, 0) is 24.6 Å². The van der Waals surface area contributed by atoms with E-state index in [1.807, 2.05) is 48.1 Å². The van der Waals surface area contributed by atoms with Crippen molar-refractivity contribution in [2.24, 2.45) is 0 Å². The Morgan fingerprint density at radius 1 is 1.17 bits per heavy atom. The number of benzene rings is 1. The average Bonchev–Trinajstić information content (AvgIpc) is 2.41. The molecule has 0 aliphatic carbocycles. The van der Waals surface area contributed by atoms with Crippen LogP contribution < -0.4 is 9.30 Å². The van der Waals surface area contributed by atoms with Crippen LogP contribution in [-0.2, 0) is 6.54 Å². The molecule has 1 heterocycles. The second kappa shape index (κ2) is 5.45. The van der Waals surface area contributed by atoms with Crippen LogP contribution in [0.2, 0.25) is 0 Å². The summed E-state index contributed by atoms with van der Waals surface area (Å²) in [5.74, 6) is 0.663. The minimum Gasteiger partial charge on any atom is -0.496 e. The molecule has 0 saturated heterocycles. The average molecular weight is 242 g/mol. The molecule has 0 saturated carbocycles. The first kappa shape index (κ1) is 12.3. The van der Waals surface area contributed by atoms with Crippen molar-refractivity contribution in [3.63, 3.8) is 0 Å². The first-order chi connectivity index (χ1) is 8.70. The third-order valence-electron chi connectivity index (χ3n) is 2.79. The highest BCUT2D eigenvalue weighted by molar-refractivity contribution is 5.97. The van der Waals surface area contributed by atoms with Gasteiger partial charge in [0.25, 0.3) is 0 Å². The van der Waals surface area contributed by atoms with Gasteiger partial charge in [0.15, 0.2) is 12.4 Å². The molecule has 1 aromatic carbocycles. The second-order valence-electron chi connectivity index (χ2n) is 4.17. The Bertz CT molecular complexity index is 547. The summed E-state index contributed by atoms with van der Waals surface area (Å²) < 4.78 is 7.06. The predicted octanol–water partition coefficient (Wildman–Crippen LogP) is 2.17. The topological polar surface area (TPSA) is 30.2 Å². The van der Waals surface area contributed by atoms with Crippen LogP contribution >= 0.6 is 0 Å². The van der Waals surface area contributed by atoms with Gasteiger partial charge in [-0.15, -0.1) is 0 Å². The maximum Gasteiger partial charge on any atom is 0.231 e. The van der Waals surface area contributed by atoms with Crippen molar-refractivity contribution in [3.8, 4) is 5.75 Å². The second-order valence-corrected chi connectivity index (χ2v) is 4.17. The first-order valence-electron chi connectivity index (χ1n) is 5.82. The van der Waals surface area contributed by atoms with Crippen molar-refractivity contribution in [1.82, 2.24) is 0 Å². The van der Waals surface area contributed by atoms with Gasteiger partial charge in [0, 0.05) is 12.1 Å². The Morgan fingerprint density at radius 2 is 1.83 bits per heavy atom. The zero-order chi connectivity index (χ0) is 13.0. The van der Waals surface area contributed by atoms with Gasteiger partial charge in [-0.2, -0.15) is 4.57 Å². The summed E-state index contributed by atoms with van der Waals surface area (Å²) >= 11 is 0. The van der Waals surface area contributed by atoms with Gasteiger partial charge in [0.2, 0.25) is 12.3 Å². The number of pyridine rings is 1. The molecule has 3 nitrogen and oxygen atoms in total. The number of aryl methyl sites for hydroxylation is 1. The van der Waals surface area contributed by atoms with Crippen molar-refractivity contribution in [2.45, 2.75) is 13.5 Å². The van der Waals surface area contributed by atoms with Crippen LogP contribution in [-0.4, -0.2) is 12.9 Å². The van der Waals surface area contributed by atoms with Crippen molar-refractivity contribution in [1.29, 1.82) is 0 Å². The Morgan fingerprint density at radius 3 is 2.50 bits per heavy atom. The molecule has 3 heteroatoms. The van der Waals surface area contributed by atoms with Gasteiger partial charge in [0.05, 0.1) is 12.7 Å². The highest BCUT2D eigenvalue weighted by Gasteiger charge is 2.15. The third-order valence-corrected chi connectivity index (χ3v) is 2.79. The molecule has 2 rings (SSSR count). The number of Topliss-reactive ketones (excluding diaryl/α,β-unsaturated/α-hetero) is 1. The number of carbonyl (C=O) groups excluding carboxylic acids is 1. The lowest BCUT2D eigenvalue weighted by Crippen LogP contribution is -2.37. The largest absolute Gasteiger partial charge is 0.496 e. The molecule has 0 fully saturated rings. The Kier molecular flexibility index (Phi) is 3.72. The maximum atomic E-state index is 12.2. The van der Waals surface area contributed by atoms with E-state index < -0.39 is 0 Å². The van der Waals surface area contributed by atoms with Crippen molar-refractivity contribution in [2.75, 3.05) is 7.11 Å². The molecular weight excluding hydrogens is 226 g/mol. The maximum absolute atomic E-state index is 12.2. The summed E-state index contributed by atoms with van der Waals surface area (Å²) in [6.07, 6.45) is 3.81. The lowest BCUT2D eigenvalue weighted by Gasteiger charge is -2.05. The van der Waals surface area contributed by atoms with E-state index in [-0.39, 0.29) is 5.78 Å². The van der Waals surface area contributed by atoms with Gasteiger partial charge >= 0.3 is 0 Å². The van der Waals surface area contributed by atoms with Crippen LogP contribution in [0, 0.1) is 6.92 Å². The van der Waals surface area contributed by atoms with Gasteiger partial charge in [-0.25, -0.2) is 0 Å². The fourth-order valence-corrected chi connectivity index (χ4v) is 1.76. The number of carbonyl (C=O) groups is 1. The summed E-state index contributed by atoms with van der Waals surface area (Å²) in [4.78, 5) is 12.2. The van der Waals surface area contributed by atoms with Gasteiger partial charge in [-0.1, -0.05) is 12.1 Å². The fourth-order valence-electron chi connectivity index (χ4n) is 1.76. The molecule has 0 amide bonds. The van der Waals surface area contributed by atoms with Crippen LogP contribution in [0.5, 0.6) is 5.75 Å². The van der Waals surface area contributed by atoms with Crippen LogP contribution in [0.1, 0.15) is 15.9 Å². The Labute approximate surface area is 107 Å². The van der Waals surface area contributed by atoms with Crippen LogP contribution in [0.4, 0.5) is 0 Å². The predicted molar refractivity (Wildman–Crippen MR) is 68.7 cm³/mol. The van der Waals surface area contributed by atoms with Crippen LogP contribution in [0.15, 0.2) is 48.8 Å². The zero-order valence-electron chi connectivity index (χ0n) is 10.6. The van der Waals surface area contributed by atoms with Gasteiger partial charge in [0.1, 0.15) is 5.75 Å². The molecule has 0 unspecified atom stereocenters. The van der Waals surface area contributed by atoms with Gasteiger partial charge < -0.3 is 4.74 Å². The standard InChI is InChI=1S/C15H16NO2/c1-12-7-9-16(10-8-12)11-14(17)13-5-3-4-6-15(13)18-2/h3-10H,11H2,1-2H3/q+1. The molecule has 1 aromatic heterocycles. The van der Waals surface area contributed by atoms with E-state index in [0.717, 1.165) is 0 Å². The number of methoxy groups -OCH3 is 1. The number of aromatic nitrogens is 1. The molecule has 18 heavy (non-hydrogen) atoms. The van der Waals surface area contributed by atoms with E-state index in [1.165, 1.54) is 5.56 Å². The molecule has 0 aliphatic rings. The number of para-hydroxylation sites is 1. The third kappa shape index (κ3) is 2.74. The fraction of sp³-hybridized carbons (Fsp3) is 0.200. The van der Waals surface area contributed by atoms with E-state index >= 15 is 0 Å². The van der Waals surface area contributed by atoms with E-state index in [0.29, 0.717) is 17.9 Å². The van der Waals surface area contributed by atoms with E-state index in [4.69, 9.17) is 4.74 Å². The molecule has 0 bridgehead atoms. The monoisotopic (exact) mass is 242 g/mol. The number of rotatable bonds is 4. The molecule has 0 radical (unpaired) electrons. The normalized spacial score (nSPS) is 10.1. The molecule has 0 N–H and O–H groups in total. The molecule has 0 aliphatic heterocycles. The molecular formula is C15H16NO2+. The first-order valence-corrected chi connectivity index (χ1v) is 5.82. The lowest BCUT2D eigenvalue weighted by atomic mass is 10.1. The summed E-state index contributed by atoms with van der Waals surface area (Å²) in [6.45, 7) is 2.34. The van der Waals surface area contributed by atoms with Crippen LogP contribution in [0.3, 0.4) is 0 Å². The number of hydrogen-bond donors (Lipinski definition) is 0. The number of ketones is 1. The molecule has 2 aromatic rings. The quantitative estimate of drug-likeness (QED) is 0.607. The summed E-state index contributed by atoms with van der Waals surface area (Å²) in [6, 6.07) is 11.2.